The molecule has 1 aliphatic heterocycles. The molecule has 0 bridgehead atoms. The standard InChI is InChI=1S/C37H58O/c1-6-8-10-12-14-16-18-20-25-31-29-33-32-26-22-21-24-30(32)28-34(33)37(35(3,4)5)36(31,38-37)27-23-19-17-15-13-11-9-7-2/h21-22,24,26,29H,6-20,23,25,27-28H2,1-5H3. The zero-order valence-corrected chi connectivity index (χ0v) is 25.7. The molecule has 38 heavy (non-hydrogen) atoms. The Morgan fingerprint density at radius 2 is 1.26 bits per heavy atom. The quantitative estimate of drug-likeness (QED) is 0.139. The summed E-state index contributed by atoms with van der Waals surface area (Å²) in [7, 11) is 0. The third kappa shape index (κ3) is 6.04. The molecule has 0 aromatic heterocycles. The number of ether oxygens (including phenoxy) is 1. The fraction of sp³-hybridized carbons (Fsp3) is 0.730. The van der Waals surface area contributed by atoms with Crippen molar-refractivity contribution in [3.05, 3.63) is 52.6 Å². The molecule has 4 rings (SSSR count). The van der Waals surface area contributed by atoms with Gasteiger partial charge < -0.3 is 4.74 Å². The number of hydrogen-bond donors (Lipinski definition) is 0. The number of hydrogen-bond acceptors (Lipinski definition) is 1. The molecule has 0 spiro atoms. The smallest absolute Gasteiger partial charge is 0.129 e. The average Bonchev–Trinajstić information content (AvgIpc) is 3.49. The van der Waals surface area contributed by atoms with Crippen LogP contribution >= 0.6 is 0 Å². The van der Waals surface area contributed by atoms with Gasteiger partial charge in [-0.1, -0.05) is 161 Å². The van der Waals surface area contributed by atoms with Gasteiger partial charge in [0.1, 0.15) is 11.2 Å². The van der Waals surface area contributed by atoms with Crippen LogP contribution in [0, 0.1) is 5.41 Å². The molecule has 0 saturated carbocycles. The maximum atomic E-state index is 7.23. The summed E-state index contributed by atoms with van der Waals surface area (Å²) < 4.78 is 7.23. The third-order valence-corrected chi connectivity index (χ3v) is 9.85. The summed E-state index contributed by atoms with van der Waals surface area (Å²) >= 11 is 0. The number of allylic oxidation sites excluding steroid dienone is 2. The van der Waals surface area contributed by atoms with Crippen LogP contribution < -0.4 is 0 Å². The van der Waals surface area contributed by atoms with E-state index < -0.39 is 0 Å². The van der Waals surface area contributed by atoms with Gasteiger partial charge >= 0.3 is 0 Å². The topological polar surface area (TPSA) is 12.5 Å². The first kappa shape index (κ1) is 29.6. The predicted octanol–water partition coefficient (Wildman–Crippen LogP) is 11.6. The molecule has 212 valence electrons. The molecule has 1 nitrogen and oxygen atoms in total. The van der Waals surface area contributed by atoms with E-state index in [1.807, 2.05) is 0 Å². The molecule has 1 aromatic carbocycles. The highest BCUT2D eigenvalue weighted by molar-refractivity contribution is 5.88. The Kier molecular flexibility index (Phi) is 10.4. The van der Waals surface area contributed by atoms with Crippen LogP contribution in [0.15, 0.2) is 41.5 Å². The second kappa shape index (κ2) is 13.3. The lowest BCUT2D eigenvalue weighted by Gasteiger charge is -2.37. The van der Waals surface area contributed by atoms with Gasteiger partial charge in [-0.2, -0.15) is 0 Å². The highest BCUT2D eigenvalue weighted by Gasteiger charge is 2.78. The Morgan fingerprint density at radius 1 is 0.711 bits per heavy atom. The van der Waals surface area contributed by atoms with E-state index in [1.165, 1.54) is 132 Å². The summed E-state index contributed by atoms with van der Waals surface area (Å²) in [5.74, 6) is 0. The molecule has 1 heterocycles. The number of benzene rings is 1. The molecular formula is C37H58O. The number of rotatable bonds is 18. The second-order valence-corrected chi connectivity index (χ2v) is 13.7. The highest BCUT2D eigenvalue weighted by Crippen LogP contribution is 2.72. The minimum absolute atomic E-state index is 0.0601. The summed E-state index contributed by atoms with van der Waals surface area (Å²) in [5, 5.41) is 0. The Hall–Kier alpha value is -1.34. The van der Waals surface area contributed by atoms with Gasteiger partial charge in [0.05, 0.1) is 0 Å². The Bertz CT molecular complexity index is 959. The van der Waals surface area contributed by atoms with Gasteiger partial charge in [0.2, 0.25) is 0 Å². The van der Waals surface area contributed by atoms with Crippen molar-refractivity contribution < 1.29 is 4.74 Å². The SMILES string of the molecule is CCCCCCCCCCC1=CC2=C(Cc3ccccc32)C2(C(C)(C)C)OC12CCCCCCCCCC. The number of unbranched alkanes of at least 4 members (excludes halogenated alkanes) is 14. The molecule has 2 aliphatic carbocycles. The molecule has 2 atom stereocenters. The third-order valence-electron chi connectivity index (χ3n) is 9.85. The fourth-order valence-electron chi connectivity index (χ4n) is 7.82. The van der Waals surface area contributed by atoms with Crippen molar-refractivity contribution in [2.45, 2.75) is 168 Å². The maximum absolute atomic E-state index is 7.23. The van der Waals surface area contributed by atoms with E-state index in [9.17, 15) is 0 Å². The maximum Gasteiger partial charge on any atom is 0.129 e. The van der Waals surface area contributed by atoms with Gasteiger partial charge in [-0.3, -0.25) is 0 Å². The summed E-state index contributed by atoms with van der Waals surface area (Å²) in [6, 6.07) is 9.14. The van der Waals surface area contributed by atoms with Crippen LogP contribution in [0.1, 0.15) is 161 Å². The Morgan fingerprint density at radius 3 is 1.87 bits per heavy atom. The molecule has 1 saturated heterocycles. The van der Waals surface area contributed by atoms with Gasteiger partial charge in [-0.05, 0) is 58.9 Å². The first-order chi connectivity index (χ1) is 18.4. The van der Waals surface area contributed by atoms with E-state index in [-0.39, 0.29) is 16.6 Å². The first-order valence-corrected chi connectivity index (χ1v) is 16.6. The fourth-order valence-corrected chi connectivity index (χ4v) is 7.82. The van der Waals surface area contributed by atoms with Crippen molar-refractivity contribution in [3.63, 3.8) is 0 Å². The van der Waals surface area contributed by atoms with Gasteiger partial charge in [-0.25, -0.2) is 0 Å². The lowest BCUT2D eigenvalue weighted by atomic mass is 9.61. The monoisotopic (exact) mass is 518 g/mol. The summed E-state index contributed by atoms with van der Waals surface area (Å²) in [4.78, 5) is 0. The molecular weight excluding hydrogens is 460 g/mol. The minimum atomic E-state index is -0.125. The Labute approximate surface area is 235 Å². The molecule has 1 fully saturated rings. The summed E-state index contributed by atoms with van der Waals surface area (Å²) in [6.45, 7) is 11.9. The summed E-state index contributed by atoms with van der Waals surface area (Å²) in [5.41, 5.74) is 7.60. The van der Waals surface area contributed by atoms with Crippen molar-refractivity contribution >= 4 is 5.57 Å². The zero-order valence-electron chi connectivity index (χ0n) is 25.7. The van der Waals surface area contributed by atoms with Gasteiger partial charge in [0.15, 0.2) is 0 Å². The molecule has 0 N–H and O–H groups in total. The molecule has 1 heteroatoms. The van der Waals surface area contributed by atoms with Gasteiger partial charge in [-0.15, -0.1) is 0 Å². The molecule has 1 aromatic rings. The molecule has 2 unspecified atom stereocenters. The van der Waals surface area contributed by atoms with E-state index in [4.69, 9.17) is 4.74 Å². The largest absolute Gasteiger partial charge is 0.352 e. The van der Waals surface area contributed by atoms with Gasteiger partial charge in [0, 0.05) is 0 Å². The van der Waals surface area contributed by atoms with E-state index in [1.54, 1.807) is 11.1 Å². The van der Waals surface area contributed by atoms with E-state index in [0.29, 0.717) is 0 Å². The lowest BCUT2D eigenvalue weighted by molar-refractivity contribution is 0.184. The average molecular weight is 519 g/mol. The van der Waals surface area contributed by atoms with E-state index in [0.717, 1.165) is 6.42 Å². The number of epoxide rings is 1. The zero-order chi connectivity index (χ0) is 27.1. The van der Waals surface area contributed by atoms with Crippen molar-refractivity contribution in [1.82, 2.24) is 0 Å². The van der Waals surface area contributed by atoms with Crippen molar-refractivity contribution in [2.24, 2.45) is 5.41 Å². The van der Waals surface area contributed by atoms with Crippen LogP contribution in [0.4, 0.5) is 0 Å². The van der Waals surface area contributed by atoms with E-state index >= 15 is 0 Å². The predicted molar refractivity (Wildman–Crippen MR) is 166 cm³/mol. The molecule has 3 aliphatic rings. The Balaban J connectivity index is 1.46. The molecule has 0 amide bonds. The van der Waals surface area contributed by atoms with Crippen LogP contribution in [0.25, 0.3) is 5.57 Å². The second-order valence-electron chi connectivity index (χ2n) is 13.7. The van der Waals surface area contributed by atoms with Crippen molar-refractivity contribution in [2.75, 3.05) is 0 Å². The van der Waals surface area contributed by atoms with Crippen molar-refractivity contribution in [3.8, 4) is 0 Å². The number of fused-ring (bicyclic) bond motifs is 4. The van der Waals surface area contributed by atoms with Crippen LogP contribution in [0.3, 0.4) is 0 Å². The normalized spacial score (nSPS) is 23.8. The molecule has 0 radical (unpaired) electrons. The summed E-state index contributed by atoms with van der Waals surface area (Å²) in [6.07, 6.45) is 28.2. The van der Waals surface area contributed by atoms with Crippen LogP contribution in [-0.2, 0) is 11.2 Å². The lowest BCUT2D eigenvalue weighted by Crippen LogP contribution is -2.43. The van der Waals surface area contributed by atoms with Crippen molar-refractivity contribution in [1.29, 1.82) is 0 Å². The van der Waals surface area contributed by atoms with Crippen LogP contribution in [0.5, 0.6) is 0 Å². The van der Waals surface area contributed by atoms with Gasteiger partial charge in [0.25, 0.3) is 0 Å². The van der Waals surface area contributed by atoms with Crippen LogP contribution in [-0.4, -0.2) is 11.2 Å². The van der Waals surface area contributed by atoms with E-state index in [2.05, 4.69) is 65.0 Å². The first-order valence-electron chi connectivity index (χ1n) is 16.6. The minimum Gasteiger partial charge on any atom is -0.352 e. The van der Waals surface area contributed by atoms with Crippen LogP contribution in [0.2, 0.25) is 0 Å². The highest BCUT2D eigenvalue weighted by atomic mass is 16.6.